The van der Waals surface area contributed by atoms with Crippen LogP contribution in [0.2, 0.25) is 0 Å². The standard InChI is InChI=1S/C15H21NO4/c1-10(2)8-12(14(17)18)16-13(15(19)20)9-11-6-4-3-5-7-11/h3-7,10,12-13,16H,8-9H2,1-2H3,(H,17,18)(H,19,20)/t12-,13+/m0/s1. The number of carbonyl (C=O) groups is 2. The maximum Gasteiger partial charge on any atom is 0.321 e. The van der Waals surface area contributed by atoms with Crippen molar-refractivity contribution in [1.82, 2.24) is 5.32 Å². The van der Waals surface area contributed by atoms with Crippen LogP contribution in [0.1, 0.15) is 25.8 Å². The second-order valence-corrected chi connectivity index (χ2v) is 5.27. The molecule has 1 rings (SSSR count). The van der Waals surface area contributed by atoms with Crippen LogP contribution in [0.5, 0.6) is 0 Å². The summed E-state index contributed by atoms with van der Waals surface area (Å²) in [7, 11) is 0. The van der Waals surface area contributed by atoms with Crippen molar-refractivity contribution in [1.29, 1.82) is 0 Å². The molecule has 0 unspecified atom stereocenters. The fourth-order valence-corrected chi connectivity index (χ4v) is 2.02. The highest BCUT2D eigenvalue weighted by molar-refractivity contribution is 5.77. The molecule has 5 heteroatoms. The van der Waals surface area contributed by atoms with Gasteiger partial charge >= 0.3 is 11.9 Å². The third-order valence-electron chi connectivity index (χ3n) is 2.99. The third-order valence-corrected chi connectivity index (χ3v) is 2.99. The predicted molar refractivity (Wildman–Crippen MR) is 75.6 cm³/mol. The summed E-state index contributed by atoms with van der Waals surface area (Å²) in [4.78, 5) is 22.5. The average Bonchev–Trinajstić information content (AvgIpc) is 2.37. The van der Waals surface area contributed by atoms with E-state index >= 15 is 0 Å². The van der Waals surface area contributed by atoms with Gasteiger partial charge in [0.25, 0.3) is 0 Å². The van der Waals surface area contributed by atoms with E-state index in [4.69, 9.17) is 5.11 Å². The van der Waals surface area contributed by atoms with E-state index in [0.29, 0.717) is 6.42 Å². The van der Waals surface area contributed by atoms with E-state index in [1.165, 1.54) is 0 Å². The lowest BCUT2D eigenvalue weighted by molar-refractivity contribution is -0.142. The summed E-state index contributed by atoms with van der Waals surface area (Å²) in [5.41, 5.74) is 0.862. The van der Waals surface area contributed by atoms with Gasteiger partial charge in [0.1, 0.15) is 12.1 Å². The largest absolute Gasteiger partial charge is 0.480 e. The van der Waals surface area contributed by atoms with Crippen molar-refractivity contribution >= 4 is 11.9 Å². The average molecular weight is 279 g/mol. The van der Waals surface area contributed by atoms with E-state index in [2.05, 4.69) is 5.32 Å². The second-order valence-electron chi connectivity index (χ2n) is 5.27. The molecule has 0 saturated carbocycles. The molecule has 0 aliphatic carbocycles. The highest BCUT2D eigenvalue weighted by Gasteiger charge is 2.26. The molecule has 0 amide bonds. The summed E-state index contributed by atoms with van der Waals surface area (Å²) in [6, 6.07) is 7.42. The van der Waals surface area contributed by atoms with E-state index in [1.807, 2.05) is 44.2 Å². The van der Waals surface area contributed by atoms with E-state index in [0.717, 1.165) is 5.56 Å². The number of hydrogen-bond donors (Lipinski definition) is 3. The van der Waals surface area contributed by atoms with Crippen LogP contribution < -0.4 is 5.32 Å². The first kappa shape index (κ1) is 16.2. The Kier molecular flexibility index (Phi) is 6.18. The first-order valence-corrected chi connectivity index (χ1v) is 6.65. The molecule has 0 bridgehead atoms. The van der Waals surface area contributed by atoms with Crippen LogP contribution in [0.3, 0.4) is 0 Å². The van der Waals surface area contributed by atoms with Gasteiger partial charge in [0.2, 0.25) is 0 Å². The lowest BCUT2D eigenvalue weighted by atomic mass is 10.0. The van der Waals surface area contributed by atoms with Crippen LogP contribution in [0, 0.1) is 5.92 Å². The number of carboxylic acid groups (broad SMARTS) is 2. The van der Waals surface area contributed by atoms with Crippen molar-refractivity contribution < 1.29 is 19.8 Å². The normalized spacial score (nSPS) is 13.9. The monoisotopic (exact) mass is 279 g/mol. The number of rotatable bonds is 8. The number of nitrogens with one attached hydrogen (secondary N) is 1. The van der Waals surface area contributed by atoms with Gasteiger partial charge in [-0.2, -0.15) is 0 Å². The highest BCUT2D eigenvalue weighted by atomic mass is 16.4. The molecule has 1 aromatic rings. The molecule has 0 aromatic heterocycles. The van der Waals surface area contributed by atoms with Crippen molar-refractivity contribution in [3.8, 4) is 0 Å². The van der Waals surface area contributed by atoms with Gasteiger partial charge in [-0.05, 0) is 24.3 Å². The minimum absolute atomic E-state index is 0.176. The van der Waals surface area contributed by atoms with E-state index in [1.54, 1.807) is 0 Å². The molecule has 0 saturated heterocycles. The van der Waals surface area contributed by atoms with Crippen LogP contribution in [-0.2, 0) is 16.0 Å². The van der Waals surface area contributed by atoms with Gasteiger partial charge in [-0.15, -0.1) is 0 Å². The fraction of sp³-hybridized carbons (Fsp3) is 0.467. The highest BCUT2D eigenvalue weighted by Crippen LogP contribution is 2.09. The zero-order valence-corrected chi connectivity index (χ0v) is 11.7. The lowest BCUT2D eigenvalue weighted by Crippen LogP contribution is -2.48. The van der Waals surface area contributed by atoms with E-state index < -0.39 is 24.0 Å². The smallest absolute Gasteiger partial charge is 0.321 e. The van der Waals surface area contributed by atoms with Crippen molar-refractivity contribution in [2.45, 2.75) is 38.8 Å². The summed E-state index contributed by atoms with van der Waals surface area (Å²) < 4.78 is 0. The quantitative estimate of drug-likeness (QED) is 0.675. The van der Waals surface area contributed by atoms with Crippen molar-refractivity contribution in [3.05, 3.63) is 35.9 Å². The van der Waals surface area contributed by atoms with Gasteiger partial charge in [-0.25, -0.2) is 0 Å². The minimum atomic E-state index is -1.04. The number of aliphatic carboxylic acids is 2. The van der Waals surface area contributed by atoms with Crippen molar-refractivity contribution in [3.63, 3.8) is 0 Å². The van der Waals surface area contributed by atoms with Crippen molar-refractivity contribution in [2.24, 2.45) is 5.92 Å². The van der Waals surface area contributed by atoms with Gasteiger partial charge in [-0.3, -0.25) is 14.9 Å². The molecule has 20 heavy (non-hydrogen) atoms. The van der Waals surface area contributed by atoms with Crippen LogP contribution in [-0.4, -0.2) is 34.2 Å². The van der Waals surface area contributed by atoms with E-state index in [-0.39, 0.29) is 12.3 Å². The Morgan fingerprint density at radius 2 is 1.60 bits per heavy atom. The Bertz CT molecular complexity index is 444. The molecule has 0 spiro atoms. The Morgan fingerprint density at radius 3 is 2.05 bits per heavy atom. The molecule has 2 atom stereocenters. The summed E-state index contributed by atoms with van der Waals surface area (Å²) in [5.74, 6) is -1.88. The van der Waals surface area contributed by atoms with Gasteiger partial charge in [0.05, 0.1) is 0 Å². The van der Waals surface area contributed by atoms with E-state index in [9.17, 15) is 14.7 Å². The first-order valence-electron chi connectivity index (χ1n) is 6.65. The van der Waals surface area contributed by atoms with Crippen LogP contribution in [0.4, 0.5) is 0 Å². The maximum absolute atomic E-state index is 11.3. The Labute approximate surface area is 118 Å². The molecule has 1 aromatic carbocycles. The summed E-state index contributed by atoms with van der Waals surface area (Å²) in [6.07, 6.45) is 0.659. The number of carboxylic acids is 2. The summed E-state index contributed by atoms with van der Waals surface area (Å²) in [6.45, 7) is 3.81. The van der Waals surface area contributed by atoms with Gasteiger partial charge in [-0.1, -0.05) is 44.2 Å². The number of hydrogen-bond acceptors (Lipinski definition) is 3. The Hall–Kier alpha value is -1.88. The minimum Gasteiger partial charge on any atom is -0.480 e. The molecular formula is C15H21NO4. The Balaban J connectivity index is 2.75. The molecule has 3 N–H and O–H groups in total. The first-order chi connectivity index (χ1) is 9.40. The summed E-state index contributed by atoms with van der Waals surface area (Å²) >= 11 is 0. The Morgan fingerprint density at radius 1 is 1.05 bits per heavy atom. The zero-order valence-electron chi connectivity index (χ0n) is 11.7. The van der Waals surface area contributed by atoms with Gasteiger partial charge in [0, 0.05) is 0 Å². The molecule has 0 heterocycles. The SMILES string of the molecule is CC(C)C[C@H](N[C@H](Cc1ccccc1)C(=O)O)C(=O)O. The lowest BCUT2D eigenvalue weighted by Gasteiger charge is -2.21. The molecule has 0 radical (unpaired) electrons. The van der Waals surface area contributed by atoms with Crippen LogP contribution in [0.15, 0.2) is 30.3 Å². The third kappa shape index (κ3) is 5.40. The molecule has 5 nitrogen and oxygen atoms in total. The topological polar surface area (TPSA) is 86.6 Å². The molecule has 0 fully saturated rings. The van der Waals surface area contributed by atoms with Gasteiger partial charge in [0.15, 0.2) is 0 Å². The number of benzene rings is 1. The van der Waals surface area contributed by atoms with Gasteiger partial charge < -0.3 is 10.2 Å². The molecular weight excluding hydrogens is 258 g/mol. The molecule has 110 valence electrons. The van der Waals surface area contributed by atoms with Crippen LogP contribution >= 0.6 is 0 Å². The maximum atomic E-state index is 11.3. The molecule has 0 aliphatic rings. The van der Waals surface area contributed by atoms with Crippen LogP contribution in [0.25, 0.3) is 0 Å². The zero-order chi connectivity index (χ0) is 15.1. The fourth-order valence-electron chi connectivity index (χ4n) is 2.02. The predicted octanol–water partition coefficient (Wildman–Crippen LogP) is 1.77. The summed E-state index contributed by atoms with van der Waals surface area (Å²) in [5, 5.41) is 21.1. The second kappa shape index (κ2) is 7.65. The molecule has 0 aliphatic heterocycles. The van der Waals surface area contributed by atoms with Crippen molar-refractivity contribution in [2.75, 3.05) is 0 Å².